The number of nitrogens with one attached hydrogen (secondary N) is 2. The maximum Gasteiger partial charge on any atom is 0.416 e. The highest BCUT2D eigenvalue weighted by Gasteiger charge is 2.29. The first-order valence-corrected chi connectivity index (χ1v) is 8.37. The fraction of sp³-hybridized carbons (Fsp3) is 0.263. The summed E-state index contributed by atoms with van der Waals surface area (Å²) < 4.78 is 47.6. The van der Waals surface area contributed by atoms with Gasteiger partial charge >= 0.3 is 6.18 Å². The molecule has 154 valence electrons. The van der Waals surface area contributed by atoms with E-state index in [9.17, 15) is 13.2 Å². The standard InChI is InChI=1S/C19H19F3N4O3/c1-12(26-28-10-14-3-6-16(7-4-14)19(20,21)22)15-5-8-18(25-9-15)27-11-17(24)29-13(2)23/h3-9,23-24H,10-11H2,1-2H3. The van der Waals surface area contributed by atoms with E-state index in [-0.39, 0.29) is 30.9 Å². The van der Waals surface area contributed by atoms with Gasteiger partial charge in [-0.3, -0.25) is 10.8 Å². The predicted molar refractivity (Wildman–Crippen MR) is 100 cm³/mol. The lowest BCUT2D eigenvalue weighted by molar-refractivity contribution is -0.137. The van der Waals surface area contributed by atoms with Gasteiger partial charge in [0.15, 0.2) is 12.5 Å². The van der Waals surface area contributed by atoms with E-state index in [0.717, 1.165) is 12.1 Å². The third-order valence-electron chi connectivity index (χ3n) is 3.50. The molecule has 0 fully saturated rings. The van der Waals surface area contributed by atoms with Gasteiger partial charge in [-0.05, 0) is 30.7 Å². The Morgan fingerprint density at radius 2 is 1.76 bits per heavy atom. The molecule has 1 aromatic carbocycles. The van der Waals surface area contributed by atoms with Gasteiger partial charge in [0.1, 0.15) is 6.61 Å². The molecule has 0 aliphatic rings. The number of aromatic nitrogens is 1. The molecule has 2 rings (SSSR count). The topological polar surface area (TPSA) is 101 Å². The van der Waals surface area contributed by atoms with Crippen molar-refractivity contribution >= 4 is 17.5 Å². The van der Waals surface area contributed by atoms with Crippen molar-refractivity contribution in [3.8, 4) is 5.88 Å². The monoisotopic (exact) mass is 408 g/mol. The molecule has 1 heterocycles. The van der Waals surface area contributed by atoms with Crippen molar-refractivity contribution in [1.82, 2.24) is 4.98 Å². The summed E-state index contributed by atoms with van der Waals surface area (Å²) in [6, 6.07) is 7.92. The zero-order valence-electron chi connectivity index (χ0n) is 15.7. The van der Waals surface area contributed by atoms with Crippen LogP contribution in [0.15, 0.2) is 47.8 Å². The highest BCUT2D eigenvalue weighted by Crippen LogP contribution is 2.29. The summed E-state index contributed by atoms with van der Waals surface area (Å²) in [7, 11) is 0. The Bertz CT molecular complexity index is 879. The van der Waals surface area contributed by atoms with Crippen molar-refractivity contribution in [3.63, 3.8) is 0 Å². The Labute approximate surface area is 165 Å². The first-order valence-electron chi connectivity index (χ1n) is 8.37. The summed E-state index contributed by atoms with van der Waals surface area (Å²) >= 11 is 0. The molecule has 29 heavy (non-hydrogen) atoms. The van der Waals surface area contributed by atoms with Crippen LogP contribution in [0.3, 0.4) is 0 Å². The van der Waals surface area contributed by atoms with Crippen LogP contribution in [0.5, 0.6) is 5.88 Å². The SMILES string of the molecule is CC(=N)OC(=N)COc1ccc(C(C)=NOCc2ccc(C(F)(F)F)cc2)cn1. The Morgan fingerprint density at radius 3 is 2.31 bits per heavy atom. The molecule has 0 aliphatic heterocycles. The van der Waals surface area contributed by atoms with E-state index in [4.69, 9.17) is 25.1 Å². The van der Waals surface area contributed by atoms with Gasteiger partial charge in [0, 0.05) is 24.8 Å². The zero-order chi connectivity index (χ0) is 21.4. The van der Waals surface area contributed by atoms with Gasteiger partial charge < -0.3 is 14.3 Å². The van der Waals surface area contributed by atoms with Crippen molar-refractivity contribution in [2.75, 3.05) is 6.61 Å². The summed E-state index contributed by atoms with van der Waals surface area (Å²) in [6.45, 7) is 2.97. The molecule has 2 N–H and O–H groups in total. The summed E-state index contributed by atoms with van der Waals surface area (Å²) in [5.41, 5.74) is 1.02. The van der Waals surface area contributed by atoms with E-state index < -0.39 is 11.7 Å². The molecule has 0 unspecified atom stereocenters. The van der Waals surface area contributed by atoms with E-state index >= 15 is 0 Å². The molecule has 0 atom stereocenters. The number of halogens is 3. The Morgan fingerprint density at radius 1 is 1.07 bits per heavy atom. The van der Waals surface area contributed by atoms with Crippen molar-refractivity contribution in [2.24, 2.45) is 5.16 Å². The molecule has 0 radical (unpaired) electrons. The van der Waals surface area contributed by atoms with Crippen LogP contribution in [0.1, 0.15) is 30.5 Å². The third-order valence-corrected chi connectivity index (χ3v) is 3.50. The number of hydrogen-bond acceptors (Lipinski definition) is 7. The average Bonchev–Trinajstić information content (AvgIpc) is 2.66. The summed E-state index contributed by atoms with van der Waals surface area (Å²) in [5, 5.41) is 18.5. The molecule has 10 heteroatoms. The number of benzene rings is 1. The van der Waals surface area contributed by atoms with Gasteiger partial charge in [-0.15, -0.1) is 0 Å². The zero-order valence-corrected chi connectivity index (χ0v) is 15.7. The van der Waals surface area contributed by atoms with E-state index in [2.05, 4.69) is 10.1 Å². The molecule has 0 saturated heterocycles. The van der Waals surface area contributed by atoms with Crippen molar-refractivity contribution in [1.29, 1.82) is 10.8 Å². The molecule has 0 aliphatic carbocycles. The van der Waals surface area contributed by atoms with Crippen LogP contribution >= 0.6 is 0 Å². The number of alkyl halides is 3. The number of nitrogens with zero attached hydrogens (tertiary/aromatic N) is 2. The van der Waals surface area contributed by atoms with E-state index in [1.807, 2.05) is 0 Å². The number of pyridine rings is 1. The molecule has 0 amide bonds. The number of oxime groups is 1. The summed E-state index contributed by atoms with van der Waals surface area (Å²) in [6.07, 6.45) is -2.87. The van der Waals surface area contributed by atoms with Crippen LogP contribution < -0.4 is 4.74 Å². The van der Waals surface area contributed by atoms with Crippen LogP contribution in [0.2, 0.25) is 0 Å². The van der Waals surface area contributed by atoms with Crippen LogP contribution in [0, 0.1) is 10.8 Å². The third kappa shape index (κ3) is 7.24. The van der Waals surface area contributed by atoms with Gasteiger partial charge in [0.25, 0.3) is 0 Å². The highest BCUT2D eigenvalue weighted by molar-refractivity contribution is 5.98. The lowest BCUT2D eigenvalue weighted by atomic mass is 10.1. The minimum absolute atomic E-state index is 0.0264. The van der Waals surface area contributed by atoms with Gasteiger partial charge in [0.05, 0.1) is 11.3 Å². The van der Waals surface area contributed by atoms with E-state index in [0.29, 0.717) is 16.8 Å². The van der Waals surface area contributed by atoms with Gasteiger partial charge in [0.2, 0.25) is 11.8 Å². The van der Waals surface area contributed by atoms with Gasteiger partial charge in [-0.2, -0.15) is 13.2 Å². The van der Waals surface area contributed by atoms with Gasteiger partial charge in [-0.1, -0.05) is 17.3 Å². The maximum atomic E-state index is 12.5. The molecule has 0 spiro atoms. The normalized spacial score (nSPS) is 11.7. The predicted octanol–water partition coefficient (Wildman–Crippen LogP) is 4.41. The average molecular weight is 408 g/mol. The number of ether oxygens (including phenoxy) is 2. The Balaban J connectivity index is 1.86. The Kier molecular flexibility index (Phi) is 7.29. The lowest BCUT2D eigenvalue weighted by Gasteiger charge is -2.08. The smallest absolute Gasteiger partial charge is 0.416 e. The quantitative estimate of drug-likeness (QED) is 0.403. The van der Waals surface area contributed by atoms with Crippen LogP contribution in [0.4, 0.5) is 13.2 Å². The summed E-state index contributed by atoms with van der Waals surface area (Å²) in [5.74, 6) is -0.0500. The fourth-order valence-corrected chi connectivity index (χ4v) is 2.08. The molecule has 1 aromatic heterocycles. The van der Waals surface area contributed by atoms with Crippen molar-refractivity contribution in [2.45, 2.75) is 26.6 Å². The van der Waals surface area contributed by atoms with Crippen LogP contribution in [-0.4, -0.2) is 29.1 Å². The molecule has 0 saturated carbocycles. The van der Waals surface area contributed by atoms with Crippen LogP contribution in [0.25, 0.3) is 0 Å². The first kappa shape index (κ1) is 21.9. The second-order valence-electron chi connectivity index (χ2n) is 5.90. The van der Waals surface area contributed by atoms with Gasteiger partial charge in [-0.25, -0.2) is 4.98 Å². The van der Waals surface area contributed by atoms with Crippen LogP contribution in [-0.2, 0) is 22.4 Å². The second kappa shape index (κ2) is 9.67. The number of rotatable bonds is 7. The minimum atomic E-state index is -4.37. The lowest BCUT2D eigenvalue weighted by Crippen LogP contribution is -2.16. The molecule has 0 bridgehead atoms. The second-order valence-corrected chi connectivity index (χ2v) is 5.90. The van der Waals surface area contributed by atoms with Crippen molar-refractivity contribution in [3.05, 3.63) is 59.3 Å². The molecule has 7 nitrogen and oxygen atoms in total. The summed E-state index contributed by atoms with van der Waals surface area (Å²) in [4.78, 5) is 9.27. The first-order chi connectivity index (χ1) is 13.6. The van der Waals surface area contributed by atoms with E-state index in [1.165, 1.54) is 25.3 Å². The molecular weight excluding hydrogens is 389 g/mol. The highest BCUT2D eigenvalue weighted by atomic mass is 19.4. The number of hydrogen-bond donors (Lipinski definition) is 2. The molecular formula is C19H19F3N4O3. The minimum Gasteiger partial charge on any atom is -0.468 e. The fourth-order valence-electron chi connectivity index (χ4n) is 2.08. The maximum absolute atomic E-state index is 12.5. The Hall–Kier alpha value is -3.43. The molecule has 2 aromatic rings. The largest absolute Gasteiger partial charge is 0.468 e. The van der Waals surface area contributed by atoms with Crippen molar-refractivity contribution < 1.29 is 27.5 Å². The van der Waals surface area contributed by atoms with E-state index in [1.54, 1.807) is 19.1 Å².